The maximum Gasteiger partial charge on any atom is 0.573 e. The molecule has 0 bridgehead atoms. The molecule has 1 aromatic heterocycles. The first kappa shape index (κ1) is 17.1. The highest BCUT2D eigenvalue weighted by Crippen LogP contribution is 2.25. The zero-order chi connectivity index (χ0) is 17.9. The van der Waals surface area contributed by atoms with E-state index in [0.29, 0.717) is 17.1 Å². The van der Waals surface area contributed by atoms with Gasteiger partial charge in [-0.15, -0.1) is 13.2 Å². The second-order valence-electron chi connectivity index (χ2n) is 5.60. The van der Waals surface area contributed by atoms with Gasteiger partial charge in [0, 0.05) is 25.0 Å². The number of benzene rings is 1. The van der Waals surface area contributed by atoms with E-state index in [1.54, 1.807) is 18.3 Å². The van der Waals surface area contributed by atoms with E-state index in [1.165, 1.54) is 12.1 Å². The number of halogens is 3. The largest absolute Gasteiger partial charge is 0.573 e. The summed E-state index contributed by atoms with van der Waals surface area (Å²) in [6, 6.07) is 8.35. The van der Waals surface area contributed by atoms with E-state index in [0.717, 1.165) is 38.1 Å². The van der Waals surface area contributed by atoms with Crippen LogP contribution in [0.25, 0.3) is 0 Å². The summed E-state index contributed by atoms with van der Waals surface area (Å²) in [6.07, 6.45) is -1.00. The fraction of sp³-hybridized carbons (Fsp3) is 0.294. The van der Waals surface area contributed by atoms with Crippen LogP contribution in [0.2, 0.25) is 0 Å². The van der Waals surface area contributed by atoms with Crippen LogP contribution in [0.3, 0.4) is 0 Å². The summed E-state index contributed by atoms with van der Waals surface area (Å²) in [4.78, 5) is 18.9. The third kappa shape index (κ3) is 4.40. The number of pyridine rings is 1. The van der Waals surface area contributed by atoms with Gasteiger partial charge in [-0.05, 0) is 49.2 Å². The van der Waals surface area contributed by atoms with Crippen LogP contribution in [0.1, 0.15) is 23.2 Å². The van der Waals surface area contributed by atoms with E-state index >= 15 is 0 Å². The molecule has 2 heterocycles. The molecule has 1 aromatic carbocycles. The van der Waals surface area contributed by atoms with Crippen molar-refractivity contribution < 1.29 is 22.7 Å². The number of anilines is 2. The normalized spacial score (nSPS) is 14.4. The smallest absolute Gasteiger partial charge is 0.406 e. The van der Waals surface area contributed by atoms with Crippen LogP contribution >= 0.6 is 0 Å². The lowest BCUT2D eigenvalue weighted by Gasteiger charge is -2.19. The van der Waals surface area contributed by atoms with Crippen molar-refractivity contribution in [1.29, 1.82) is 0 Å². The van der Waals surface area contributed by atoms with E-state index in [4.69, 9.17) is 0 Å². The van der Waals surface area contributed by atoms with E-state index in [-0.39, 0.29) is 11.7 Å². The van der Waals surface area contributed by atoms with Gasteiger partial charge in [-0.2, -0.15) is 0 Å². The predicted octanol–water partition coefficient (Wildman–Crippen LogP) is 3.83. The zero-order valence-electron chi connectivity index (χ0n) is 13.2. The Hall–Kier alpha value is -2.77. The van der Waals surface area contributed by atoms with Crippen LogP contribution in [-0.2, 0) is 0 Å². The first-order valence-corrected chi connectivity index (χ1v) is 7.79. The molecule has 0 saturated carbocycles. The second kappa shape index (κ2) is 7.00. The molecular formula is C17H16F3N3O2. The summed E-state index contributed by atoms with van der Waals surface area (Å²) >= 11 is 0. The Kier molecular flexibility index (Phi) is 4.78. The molecule has 1 amide bonds. The summed E-state index contributed by atoms with van der Waals surface area (Å²) in [5, 5.41) is 2.67. The fourth-order valence-electron chi connectivity index (χ4n) is 2.69. The van der Waals surface area contributed by atoms with Crippen molar-refractivity contribution in [2.75, 3.05) is 23.3 Å². The summed E-state index contributed by atoms with van der Waals surface area (Å²) in [5.41, 5.74) is 0.802. The van der Waals surface area contributed by atoms with E-state index in [9.17, 15) is 18.0 Å². The lowest BCUT2D eigenvalue weighted by Crippen LogP contribution is -2.24. The van der Waals surface area contributed by atoms with Gasteiger partial charge in [0.2, 0.25) is 0 Å². The third-order valence-electron chi connectivity index (χ3n) is 3.78. The molecule has 8 heteroatoms. The Morgan fingerprint density at radius 3 is 2.44 bits per heavy atom. The first-order valence-electron chi connectivity index (χ1n) is 7.79. The number of aromatic nitrogens is 1. The molecule has 0 spiro atoms. The predicted molar refractivity (Wildman–Crippen MR) is 86.8 cm³/mol. The minimum absolute atomic E-state index is 0.343. The van der Waals surface area contributed by atoms with Gasteiger partial charge < -0.3 is 15.0 Å². The zero-order valence-corrected chi connectivity index (χ0v) is 13.2. The number of amides is 1. The molecule has 1 aliphatic heterocycles. The van der Waals surface area contributed by atoms with Crippen molar-refractivity contribution >= 4 is 17.4 Å². The molecule has 2 aromatic rings. The Bertz CT molecular complexity index is 742. The average molecular weight is 351 g/mol. The van der Waals surface area contributed by atoms with Gasteiger partial charge in [0.15, 0.2) is 0 Å². The van der Waals surface area contributed by atoms with Crippen molar-refractivity contribution in [3.05, 3.63) is 48.2 Å². The Morgan fingerprint density at radius 1 is 1.12 bits per heavy atom. The number of hydrogen-bond acceptors (Lipinski definition) is 4. The molecule has 0 unspecified atom stereocenters. The van der Waals surface area contributed by atoms with Crippen LogP contribution in [0.4, 0.5) is 24.7 Å². The first-order chi connectivity index (χ1) is 11.9. The second-order valence-corrected chi connectivity index (χ2v) is 5.60. The molecule has 0 atom stereocenters. The third-order valence-corrected chi connectivity index (χ3v) is 3.78. The fourth-order valence-corrected chi connectivity index (χ4v) is 2.69. The molecule has 1 saturated heterocycles. The number of nitrogens with one attached hydrogen (secondary N) is 1. The van der Waals surface area contributed by atoms with Gasteiger partial charge in [0.25, 0.3) is 5.91 Å². The van der Waals surface area contributed by atoms with Crippen LogP contribution in [0, 0.1) is 0 Å². The number of ether oxygens (including phenoxy) is 1. The molecule has 1 N–H and O–H groups in total. The highest BCUT2D eigenvalue weighted by atomic mass is 19.4. The minimum Gasteiger partial charge on any atom is -0.406 e. The van der Waals surface area contributed by atoms with Gasteiger partial charge in [-0.25, -0.2) is 4.98 Å². The van der Waals surface area contributed by atoms with Crippen molar-refractivity contribution in [2.45, 2.75) is 19.2 Å². The lowest BCUT2D eigenvalue weighted by atomic mass is 10.2. The monoisotopic (exact) mass is 351 g/mol. The number of carbonyl (C=O) groups is 1. The number of alkyl halides is 3. The standard InChI is InChI=1S/C17H16F3N3O2/c18-17(19,20)25-13-7-5-12(6-8-13)22-16(24)14-4-3-9-21-15(14)23-10-1-2-11-23/h3-9H,1-2,10-11H2,(H,22,24). The van der Waals surface area contributed by atoms with Gasteiger partial charge in [-0.3, -0.25) is 4.79 Å². The maximum absolute atomic E-state index is 12.5. The van der Waals surface area contributed by atoms with Gasteiger partial charge in [-0.1, -0.05) is 0 Å². The van der Waals surface area contributed by atoms with Crippen LogP contribution in [-0.4, -0.2) is 30.3 Å². The molecule has 3 rings (SSSR count). The summed E-state index contributed by atoms with van der Waals surface area (Å²) < 4.78 is 40.3. The molecular weight excluding hydrogens is 335 g/mol. The molecule has 132 valence electrons. The summed E-state index contributed by atoms with van der Waals surface area (Å²) in [5.74, 6) is -0.0846. The van der Waals surface area contributed by atoms with Gasteiger partial charge in [0.05, 0.1) is 5.56 Å². The SMILES string of the molecule is O=C(Nc1ccc(OC(F)(F)F)cc1)c1cccnc1N1CCCC1. The Labute approximate surface area is 142 Å². The average Bonchev–Trinajstić information content (AvgIpc) is 3.10. The highest BCUT2D eigenvalue weighted by molar-refractivity contribution is 6.07. The quantitative estimate of drug-likeness (QED) is 0.910. The molecule has 5 nitrogen and oxygen atoms in total. The van der Waals surface area contributed by atoms with Crippen molar-refractivity contribution in [1.82, 2.24) is 4.98 Å². The van der Waals surface area contributed by atoms with Crippen LogP contribution in [0.15, 0.2) is 42.6 Å². The molecule has 0 radical (unpaired) electrons. The Balaban J connectivity index is 1.72. The number of hydrogen-bond donors (Lipinski definition) is 1. The number of rotatable bonds is 4. The van der Waals surface area contributed by atoms with Crippen molar-refractivity contribution in [2.24, 2.45) is 0 Å². The van der Waals surface area contributed by atoms with Gasteiger partial charge in [0.1, 0.15) is 11.6 Å². The minimum atomic E-state index is -4.74. The molecule has 25 heavy (non-hydrogen) atoms. The summed E-state index contributed by atoms with van der Waals surface area (Å²) in [6.45, 7) is 1.70. The van der Waals surface area contributed by atoms with E-state index < -0.39 is 6.36 Å². The van der Waals surface area contributed by atoms with Crippen molar-refractivity contribution in [3.63, 3.8) is 0 Å². The van der Waals surface area contributed by atoms with Crippen molar-refractivity contribution in [3.8, 4) is 5.75 Å². The Morgan fingerprint density at radius 2 is 1.80 bits per heavy atom. The van der Waals surface area contributed by atoms with Gasteiger partial charge >= 0.3 is 6.36 Å². The van der Waals surface area contributed by atoms with E-state index in [2.05, 4.69) is 19.9 Å². The van der Waals surface area contributed by atoms with Crippen LogP contribution < -0.4 is 15.0 Å². The molecule has 1 aliphatic rings. The molecule has 1 fully saturated rings. The molecule has 0 aliphatic carbocycles. The van der Waals surface area contributed by atoms with E-state index in [1.807, 2.05) is 0 Å². The van der Waals surface area contributed by atoms with Crippen LogP contribution in [0.5, 0.6) is 5.75 Å². The maximum atomic E-state index is 12.5. The number of nitrogens with zero attached hydrogens (tertiary/aromatic N) is 2. The topological polar surface area (TPSA) is 54.5 Å². The lowest BCUT2D eigenvalue weighted by molar-refractivity contribution is -0.274. The highest BCUT2D eigenvalue weighted by Gasteiger charge is 2.31. The number of carbonyl (C=O) groups excluding carboxylic acids is 1. The summed E-state index contributed by atoms with van der Waals surface area (Å²) in [7, 11) is 0.